The van der Waals surface area contributed by atoms with E-state index in [-0.39, 0.29) is 6.04 Å². The predicted octanol–water partition coefficient (Wildman–Crippen LogP) is 14.3. The van der Waals surface area contributed by atoms with E-state index in [4.69, 9.17) is 10.7 Å². The highest BCUT2D eigenvalue weighted by atomic mass is 15.2. The van der Waals surface area contributed by atoms with Crippen molar-refractivity contribution in [3.63, 3.8) is 0 Å². The van der Waals surface area contributed by atoms with Gasteiger partial charge in [0.25, 0.3) is 0 Å². The largest absolute Gasteiger partial charge is 0.398 e. The minimum atomic E-state index is -0.566. The van der Waals surface area contributed by atoms with Crippen LogP contribution in [-0.4, -0.2) is 11.8 Å². The lowest BCUT2D eigenvalue weighted by molar-refractivity contribution is 0.703. The fourth-order valence-electron chi connectivity index (χ4n) is 10.6. The molecule has 0 saturated carbocycles. The lowest BCUT2D eigenvalue weighted by atomic mass is 9.63. The molecule has 0 fully saturated rings. The molecule has 12 rings (SSSR count). The quantitative estimate of drug-likeness (QED) is 0.163. The van der Waals surface area contributed by atoms with Gasteiger partial charge >= 0.3 is 0 Å². The summed E-state index contributed by atoms with van der Waals surface area (Å²) in [5, 5.41) is 4.99. The van der Waals surface area contributed by atoms with Gasteiger partial charge in [-0.05, 0) is 126 Å². The van der Waals surface area contributed by atoms with E-state index in [1.165, 1.54) is 77.4 Å². The van der Waals surface area contributed by atoms with Gasteiger partial charge in [0.05, 0.1) is 23.7 Å². The zero-order chi connectivity index (χ0) is 42.6. The Balaban J connectivity index is 1.01. The maximum Gasteiger partial charge on any atom is 0.0754 e. The van der Waals surface area contributed by atoms with Crippen LogP contribution in [0.2, 0.25) is 0 Å². The highest BCUT2D eigenvalue weighted by Crippen LogP contribution is 2.64. The zero-order valence-corrected chi connectivity index (χ0v) is 35.4. The first kappa shape index (κ1) is 37.7. The van der Waals surface area contributed by atoms with Gasteiger partial charge in [-0.1, -0.05) is 194 Å². The maximum atomic E-state index is 6.62. The van der Waals surface area contributed by atoms with Gasteiger partial charge in [0, 0.05) is 17.1 Å². The highest BCUT2D eigenvalue weighted by molar-refractivity contribution is 6.12. The van der Waals surface area contributed by atoms with Crippen LogP contribution in [0.3, 0.4) is 0 Å². The van der Waals surface area contributed by atoms with Crippen molar-refractivity contribution in [3.8, 4) is 22.3 Å². The van der Waals surface area contributed by atoms with Crippen LogP contribution in [0.4, 0.5) is 11.4 Å². The molecule has 1 atom stereocenters. The third-order valence-corrected chi connectivity index (χ3v) is 13.6. The first-order valence-corrected chi connectivity index (χ1v) is 22.3. The molecule has 1 spiro atoms. The molecule has 2 aliphatic carbocycles. The van der Waals surface area contributed by atoms with E-state index in [9.17, 15) is 0 Å². The van der Waals surface area contributed by atoms with E-state index in [0.717, 1.165) is 28.8 Å². The number of benzene rings is 9. The molecular formula is C61H45N3. The van der Waals surface area contributed by atoms with E-state index in [0.29, 0.717) is 12.2 Å². The molecule has 1 heterocycles. The fraction of sp³-hybridized carbons (Fsp3) is 0.0656. The average molecular weight is 820 g/mol. The van der Waals surface area contributed by atoms with Crippen molar-refractivity contribution in [2.24, 2.45) is 10.7 Å². The van der Waals surface area contributed by atoms with E-state index in [1.807, 2.05) is 54.6 Å². The molecule has 64 heavy (non-hydrogen) atoms. The molecular weight excluding hydrogens is 775 g/mol. The summed E-state index contributed by atoms with van der Waals surface area (Å²) < 4.78 is 0. The Morgan fingerprint density at radius 1 is 0.531 bits per heavy atom. The molecule has 2 N–H and O–H groups in total. The molecule has 9 aromatic rings. The van der Waals surface area contributed by atoms with E-state index in [1.54, 1.807) is 0 Å². The third kappa shape index (κ3) is 6.15. The Morgan fingerprint density at radius 2 is 1.09 bits per heavy atom. The van der Waals surface area contributed by atoms with Crippen molar-refractivity contribution >= 4 is 44.3 Å². The molecule has 3 nitrogen and oxygen atoms in total. The number of nitrogens with two attached hydrogens (primary N) is 1. The Morgan fingerprint density at radius 3 is 1.73 bits per heavy atom. The average Bonchev–Trinajstić information content (AvgIpc) is 3.65. The number of nitrogens with zero attached hydrogens (tertiary/aromatic N) is 2. The van der Waals surface area contributed by atoms with Gasteiger partial charge in [0.2, 0.25) is 0 Å². The van der Waals surface area contributed by atoms with Gasteiger partial charge in [-0.2, -0.15) is 0 Å². The van der Waals surface area contributed by atoms with Crippen molar-refractivity contribution in [3.05, 3.63) is 270 Å². The second kappa shape index (κ2) is 15.4. The van der Waals surface area contributed by atoms with Crippen LogP contribution < -0.4 is 10.6 Å². The van der Waals surface area contributed by atoms with Gasteiger partial charge in [0.1, 0.15) is 0 Å². The molecule has 0 amide bonds. The van der Waals surface area contributed by atoms with Crippen molar-refractivity contribution in [2.75, 3.05) is 4.90 Å². The molecule has 0 saturated heterocycles. The number of aliphatic imine (C=N–C) groups is 1. The number of hydrogen-bond acceptors (Lipinski definition) is 3. The predicted molar refractivity (Wildman–Crippen MR) is 268 cm³/mol. The number of rotatable bonds is 7. The van der Waals surface area contributed by atoms with Crippen molar-refractivity contribution in [1.82, 2.24) is 0 Å². The number of fused-ring (bicyclic) bond motifs is 11. The van der Waals surface area contributed by atoms with E-state index in [2.05, 4.69) is 181 Å². The van der Waals surface area contributed by atoms with Crippen molar-refractivity contribution in [2.45, 2.75) is 24.4 Å². The molecule has 9 aromatic carbocycles. The van der Waals surface area contributed by atoms with Crippen LogP contribution in [0.1, 0.15) is 45.4 Å². The summed E-state index contributed by atoms with van der Waals surface area (Å²) in [6.07, 6.45) is 12.0. The summed E-state index contributed by atoms with van der Waals surface area (Å²) in [5.41, 5.74) is 23.5. The normalized spacial score (nSPS) is 15.9. The summed E-state index contributed by atoms with van der Waals surface area (Å²) in [5.74, 6) is 0. The van der Waals surface area contributed by atoms with Crippen LogP contribution >= 0.6 is 0 Å². The molecule has 3 heteroatoms. The Bertz CT molecular complexity index is 3300. The number of anilines is 2. The van der Waals surface area contributed by atoms with Crippen LogP contribution in [0.15, 0.2) is 236 Å². The minimum absolute atomic E-state index is 0.175. The van der Waals surface area contributed by atoms with Crippen molar-refractivity contribution < 1.29 is 0 Å². The van der Waals surface area contributed by atoms with E-state index < -0.39 is 5.41 Å². The molecule has 1 aliphatic heterocycles. The topological polar surface area (TPSA) is 41.6 Å². The number of hydrogen-bond donors (Lipinski definition) is 1. The second-order valence-corrected chi connectivity index (χ2v) is 17.2. The molecule has 0 aromatic heterocycles. The molecule has 3 aliphatic rings. The Hall–Kier alpha value is -8.01. The van der Waals surface area contributed by atoms with Gasteiger partial charge in [0.15, 0.2) is 0 Å². The third-order valence-electron chi connectivity index (χ3n) is 13.6. The lowest BCUT2D eigenvalue weighted by Gasteiger charge is -2.47. The van der Waals surface area contributed by atoms with Gasteiger partial charge in [-0.25, -0.2) is 0 Å². The summed E-state index contributed by atoms with van der Waals surface area (Å²) in [6.45, 7) is 0.531. The van der Waals surface area contributed by atoms with Gasteiger partial charge < -0.3 is 10.6 Å². The van der Waals surface area contributed by atoms with E-state index >= 15 is 0 Å². The van der Waals surface area contributed by atoms with Crippen LogP contribution in [0, 0.1) is 0 Å². The second-order valence-electron chi connectivity index (χ2n) is 17.2. The smallest absolute Gasteiger partial charge is 0.0754 e. The molecule has 304 valence electrons. The maximum absolute atomic E-state index is 6.62. The highest BCUT2D eigenvalue weighted by Gasteiger charge is 2.52. The summed E-state index contributed by atoms with van der Waals surface area (Å²) in [4.78, 5) is 7.77. The molecule has 1 unspecified atom stereocenters. The first-order valence-electron chi connectivity index (χ1n) is 22.3. The fourth-order valence-corrected chi connectivity index (χ4v) is 10.6. The monoisotopic (exact) mass is 819 g/mol. The van der Waals surface area contributed by atoms with Crippen molar-refractivity contribution in [1.29, 1.82) is 0 Å². The Labute approximate surface area is 374 Å². The Kier molecular flexibility index (Phi) is 9.08. The van der Waals surface area contributed by atoms with Crippen LogP contribution in [-0.2, 0) is 12.0 Å². The summed E-state index contributed by atoms with van der Waals surface area (Å²) in [6, 6.07) is 73.4. The zero-order valence-electron chi connectivity index (χ0n) is 35.4. The molecule has 0 bridgehead atoms. The summed E-state index contributed by atoms with van der Waals surface area (Å²) >= 11 is 0. The first-order chi connectivity index (χ1) is 31.6. The van der Waals surface area contributed by atoms with Gasteiger partial charge in [-0.3, -0.25) is 4.99 Å². The van der Waals surface area contributed by atoms with Crippen LogP contribution in [0.5, 0.6) is 0 Å². The lowest BCUT2D eigenvalue weighted by Crippen LogP contribution is -2.41. The standard InChI is InChI=1S/C61H45N3/c62-57(43-16-4-1-5-17-43)39-58(44-18-6-2-7-19-44)63-40-41-28-30-42(31-29-41)49-32-33-52-51-26-14-15-27-53(51)61(54(52)34-49)55-35-45-20-10-12-22-47(45)37-59(55)64(50-24-8-3-9-25-50)60-38-48-23-13-11-21-46(48)36-56(60)61/h1-24,26-39,50H,25,40,62H2/b57-39-,63-58+. The molecule has 0 radical (unpaired) electrons. The number of allylic oxidation sites excluding steroid dienone is 3. The summed E-state index contributed by atoms with van der Waals surface area (Å²) in [7, 11) is 0. The van der Waals surface area contributed by atoms with Gasteiger partial charge in [-0.15, -0.1) is 0 Å². The SMILES string of the molecule is N/C(=C\C(=N/Cc1ccc(-c2ccc3c(c2)C2(c4ccccc4-3)c3cc4ccccc4cc3N(C3C=CC=CC3)c3cc4ccccc4cc32)cc1)c1ccccc1)c1ccccc1. The van der Waals surface area contributed by atoms with Crippen LogP contribution in [0.25, 0.3) is 49.5 Å². The minimum Gasteiger partial charge on any atom is -0.398 e.